The second kappa shape index (κ2) is 6.70. The Morgan fingerprint density at radius 3 is 2.72 bits per heavy atom. The first kappa shape index (κ1) is 14.1. The molecule has 0 aliphatic rings. The van der Waals surface area contributed by atoms with Crippen LogP contribution in [0.4, 0.5) is 11.5 Å². The van der Waals surface area contributed by atoms with E-state index >= 15 is 0 Å². The average Bonchev–Trinajstić information content (AvgIpc) is 2.37. The number of anilines is 1. The fourth-order valence-electron chi connectivity index (χ4n) is 1.44. The topological polar surface area (TPSA) is 99.4 Å². The minimum atomic E-state index is -0.569. The van der Waals surface area contributed by atoms with Crippen molar-refractivity contribution < 1.29 is 14.4 Å². The highest BCUT2D eigenvalue weighted by Crippen LogP contribution is 2.30. The summed E-state index contributed by atoms with van der Waals surface area (Å²) in [6, 6.07) is -0.0618. The van der Waals surface area contributed by atoms with Crippen molar-refractivity contribution in [2.75, 3.05) is 26.1 Å². The predicted molar refractivity (Wildman–Crippen MR) is 64.8 cm³/mol. The molecular weight excluding hydrogens is 240 g/mol. The molecule has 1 unspecified atom stereocenters. The molecule has 1 heterocycles. The van der Waals surface area contributed by atoms with Gasteiger partial charge in [-0.05, 0) is 6.42 Å². The zero-order chi connectivity index (χ0) is 13.5. The summed E-state index contributed by atoms with van der Waals surface area (Å²) in [5, 5.41) is 14.0. The molecule has 1 rings (SSSR count). The molecule has 8 heteroatoms. The number of aromatic nitrogens is 2. The molecule has 1 aromatic heterocycles. The van der Waals surface area contributed by atoms with Crippen molar-refractivity contribution in [1.29, 1.82) is 0 Å². The van der Waals surface area contributed by atoms with Gasteiger partial charge in [0.2, 0.25) is 5.82 Å². The summed E-state index contributed by atoms with van der Waals surface area (Å²) in [5.41, 5.74) is -0.269. The third kappa shape index (κ3) is 3.27. The van der Waals surface area contributed by atoms with Crippen LogP contribution < -0.4 is 10.1 Å². The number of nitro groups is 1. The third-order valence-corrected chi connectivity index (χ3v) is 2.37. The van der Waals surface area contributed by atoms with E-state index in [1.807, 2.05) is 6.92 Å². The Hall–Kier alpha value is -1.96. The summed E-state index contributed by atoms with van der Waals surface area (Å²) in [5.74, 6) is 0.0699. The van der Waals surface area contributed by atoms with Crippen LogP contribution in [0.15, 0.2) is 6.33 Å². The van der Waals surface area contributed by atoms with Crippen LogP contribution in [-0.4, -0.2) is 41.8 Å². The van der Waals surface area contributed by atoms with Crippen molar-refractivity contribution in [1.82, 2.24) is 9.97 Å². The SMILES string of the molecule is CCC(COC)Nc1ncnc(OC)c1[N+](=O)[O-]. The first-order valence-corrected chi connectivity index (χ1v) is 5.42. The van der Waals surface area contributed by atoms with Crippen LogP contribution in [0.3, 0.4) is 0 Å². The van der Waals surface area contributed by atoms with Crippen molar-refractivity contribution in [3.63, 3.8) is 0 Å². The zero-order valence-corrected chi connectivity index (χ0v) is 10.5. The molecule has 0 bridgehead atoms. The number of methoxy groups -OCH3 is 2. The molecule has 0 radical (unpaired) electrons. The van der Waals surface area contributed by atoms with Crippen molar-refractivity contribution in [3.05, 3.63) is 16.4 Å². The van der Waals surface area contributed by atoms with Gasteiger partial charge in [-0.1, -0.05) is 6.92 Å². The van der Waals surface area contributed by atoms with Crippen LogP contribution in [0.5, 0.6) is 5.88 Å². The fraction of sp³-hybridized carbons (Fsp3) is 0.600. The number of nitrogens with zero attached hydrogens (tertiary/aromatic N) is 3. The van der Waals surface area contributed by atoms with Gasteiger partial charge >= 0.3 is 5.69 Å². The maximum atomic E-state index is 11.0. The normalized spacial score (nSPS) is 11.9. The summed E-state index contributed by atoms with van der Waals surface area (Å²) in [7, 11) is 2.89. The molecule has 0 amide bonds. The fourth-order valence-corrected chi connectivity index (χ4v) is 1.44. The molecule has 8 nitrogen and oxygen atoms in total. The van der Waals surface area contributed by atoms with E-state index in [0.29, 0.717) is 6.61 Å². The van der Waals surface area contributed by atoms with E-state index in [-0.39, 0.29) is 23.4 Å². The van der Waals surface area contributed by atoms with E-state index in [9.17, 15) is 10.1 Å². The van der Waals surface area contributed by atoms with Gasteiger partial charge in [0.1, 0.15) is 6.33 Å². The van der Waals surface area contributed by atoms with Gasteiger partial charge in [0.05, 0.1) is 24.7 Å². The van der Waals surface area contributed by atoms with Crippen LogP contribution >= 0.6 is 0 Å². The largest absolute Gasteiger partial charge is 0.476 e. The Morgan fingerprint density at radius 2 is 2.22 bits per heavy atom. The lowest BCUT2D eigenvalue weighted by atomic mass is 10.2. The van der Waals surface area contributed by atoms with Gasteiger partial charge < -0.3 is 14.8 Å². The number of hydrogen-bond donors (Lipinski definition) is 1. The lowest BCUT2D eigenvalue weighted by Gasteiger charge is -2.16. The molecule has 1 N–H and O–H groups in total. The molecule has 1 atom stereocenters. The Kier molecular flexibility index (Phi) is 5.25. The van der Waals surface area contributed by atoms with Crippen molar-refractivity contribution in [2.45, 2.75) is 19.4 Å². The molecule has 1 aromatic rings. The molecule has 0 spiro atoms. The molecule has 0 aliphatic heterocycles. The monoisotopic (exact) mass is 256 g/mol. The lowest BCUT2D eigenvalue weighted by Crippen LogP contribution is -2.25. The summed E-state index contributed by atoms with van der Waals surface area (Å²) in [4.78, 5) is 18.0. The van der Waals surface area contributed by atoms with Crippen LogP contribution in [0.2, 0.25) is 0 Å². The van der Waals surface area contributed by atoms with E-state index < -0.39 is 4.92 Å². The molecule has 0 aromatic carbocycles. The molecule has 100 valence electrons. The van der Waals surface area contributed by atoms with Gasteiger partial charge in [-0.2, -0.15) is 4.98 Å². The van der Waals surface area contributed by atoms with E-state index in [1.165, 1.54) is 13.4 Å². The van der Waals surface area contributed by atoms with E-state index in [2.05, 4.69) is 15.3 Å². The highest BCUT2D eigenvalue weighted by atomic mass is 16.6. The highest BCUT2D eigenvalue weighted by molar-refractivity contribution is 5.61. The first-order valence-electron chi connectivity index (χ1n) is 5.42. The van der Waals surface area contributed by atoms with Crippen molar-refractivity contribution in [3.8, 4) is 5.88 Å². The van der Waals surface area contributed by atoms with Gasteiger partial charge in [-0.15, -0.1) is 0 Å². The van der Waals surface area contributed by atoms with Gasteiger partial charge in [-0.25, -0.2) is 4.98 Å². The Bertz CT molecular complexity index is 413. The van der Waals surface area contributed by atoms with Crippen LogP contribution in [-0.2, 0) is 4.74 Å². The van der Waals surface area contributed by atoms with Crippen molar-refractivity contribution >= 4 is 11.5 Å². The first-order chi connectivity index (χ1) is 8.63. The summed E-state index contributed by atoms with van der Waals surface area (Å²) in [6.07, 6.45) is 1.96. The smallest absolute Gasteiger partial charge is 0.372 e. The Balaban J connectivity index is 3.03. The van der Waals surface area contributed by atoms with Crippen LogP contribution in [0.1, 0.15) is 13.3 Å². The van der Waals surface area contributed by atoms with Gasteiger partial charge in [0, 0.05) is 7.11 Å². The number of nitrogens with one attached hydrogen (secondary N) is 1. The minimum absolute atomic E-state index is 0.0618. The van der Waals surface area contributed by atoms with Gasteiger partial charge in [0.15, 0.2) is 0 Å². The zero-order valence-electron chi connectivity index (χ0n) is 10.5. The maximum absolute atomic E-state index is 11.0. The lowest BCUT2D eigenvalue weighted by molar-refractivity contribution is -0.385. The number of hydrogen-bond acceptors (Lipinski definition) is 7. The summed E-state index contributed by atoms with van der Waals surface area (Å²) >= 11 is 0. The predicted octanol–water partition coefficient (Wildman–Crippen LogP) is 1.23. The van der Waals surface area contributed by atoms with Crippen LogP contribution in [0.25, 0.3) is 0 Å². The minimum Gasteiger partial charge on any atom is -0.476 e. The standard InChI is InChI=1S/C10H16N4O4/c1-4-7(5-17-2)13-9-8(14(15)16)10(18-3)12-6-11-9/h6-7H,4-5H2,1-3H3,(H,11,12,13). The van der Waals surface area contributed by atoms with E-state index in [0.717, 1.165) is 6.42 Å². The maximum Gasteiger partial charge on any atom is 0.372 e. The average molecular weight is 256 g/mol. The molecular formula is C10H16N4O4. The third-order valence-electron chi connectivity index (χ3n) is 2.37. The number of ether oxygens (including phenoxy) is 2. The van der Waals surface area contributed by atoms with Crippen molar-refractivity contribution in [2.24, 2.45) is 0 Å². The highest BCUT2D eigenvalue weighted by Gasteiger charge is 2.25. The van der Waals surface area contributed by atoms with Crippen LogP contribution in [0, 0.1) is 10.1 Å². The van der Waals surface area contributed by atoms with Gasteiger partial charge in [0.25, 0.3) is 5.88 Å². The summed E-state index contributed by atoms with van der Waals surface area (Å²) in [6.45, 7) is 2.38. The molecule has 0 fully saturated rings. The quantitative estimate of drug-likeness (QED) is 0.578. The Labute approximate surface area is 104 Å². The molecule has 0 saturated carbocycles. The second-order valence-corrected chi connectivity index (χ2v) is 3.54. The number of rotatable bonds is 7. The van der Waals surface area contributed by atoms with Gasteiger partial charge in [-0.3, -0.25) is 10.1 Å². The molecule has 0 saturated heterocycles. The van der Waals surface area contributed by atoms with E-state index in [1.54, 1.807) is 7.11 Å². The molecule has 0 aliphatic carbocycles. The van der Waals surface area contributed by atoms with E-state index in [4.69, 9.17) is 9.47 Å². The molecule has 18 heavy (non-hydrogen) atoms. The second-order valence-electron chi connectivity index (χ2n) is 3.54. The Morgan fingerprint density at radius 1 is 1.50 bits per heavy atom. The summed E-state index contributed by atoms with van der Waals surface area (Å²) < 4.78 is 9.88.